The van der Waals surface area contributed by atoms with Crippen LogP contribution in [0.1, 0.15) is 28.9 Å². The van der Waals surface area contributed by atoms with Crippen molar-refractivity contribution < 1.29 is 9.59 Å². The summed E-state index contributed by atoms with van der Waals surface area (Å²) < 4.78 is 0. The number of amides is 2. The Bertz CT molecular complexity index is 964. The zero-order chi connectivity index (χ0) is 19.3. The molecule has 0 unspecified atom stereocenters. The molecule has 2 amide bonds. The second-order valence-corrected chi connectivity index (χ2v) is 7.55. The quantitative estimate of drug-likeness (QED) is 0.720. The molecule has 1 saturated heterocycles. The van der Waals surface area contributed by atoms with Gasteiger partial charge in [0.2, 0.25) is 5.91 Å². The summed E-state index contributed by atoms with van der Waals surface area (Å²) >= 11 is 1.49. The number of thiazole rings is 1. The van der Waals surface area contributed by atoms with Crippen LogP contribution in [0.15, 0.2) is 54.2 Å². The molecule has 1 N–H and O–H groups in total. The summed E-state index contributed by atoms with van der Waals surface area (Å²) in [6.45, 7) is 1.65. The van der Waals surface area contributed by atoms with E-state index in [9.17, 15) is 9.59 Å². The van der Waals surface area contributed by atoms with Gasteiger partial charge < -0.3 is 10.2 Å². The van der Waals surface area contributed by atoms with E-state index >= 15 is 0 Å². The van der Waals surface area contributed by atoms with Crippen LogP contribution in [0.5, 0.6) is 0 Å². The number of hydrogen-bond donors (Lipinski definition) is 1. The van der Waals surface area contributed by atoms with Gasteiger partial charge in [0.25, 0.3) is 5.91 Å². The molecule has 4 rings (SSSR count). The lowest BCUT2D eigenvalue weighted by Crippen LogP contribution is -2.27. The number of nitrogens with one attached hydrogen (secondary N) is 1. The summed E-state index contributed by atoms with van der Waals surface area (Å²) in [6, 6.07) is 10.9. The lowest BCUT2D eigenvalue weighted by Gasteiger charge is -2.15. The van der Waals surface area contributed by atoms with Crippen LogP contribution in [-0.2, 0) is 11.2 Å². The second kappa shape index (κ2) is 8.31. The molecule has 1 aliphatic rings. The summed E-state index contributed by atoms with van der Waals surface area (Å²) in [5.41, 5.74) is 2.99. The highest BCUT2D eigenvalue weighted by molar-refractivity contribution is 7.13. The van der Waals surface area contributed by atoms with Gasteiger partial charge in [-0.2, -0.15) is 0 Å². The molecule has 0 saturated carbocycles. The second-order valence-electron chi connectivity index (χ2n) is 6.69. The van der Waals surface area contributed by atoms with Crippen LogP contribution in [0.25, 0.3) is 10.6 Å². The van der Waals surface area contributed by atoms with E-state index in [1.807, 2.05) is 22.4 Å². The van der Waals surface area contributed by atoms with Gasteiger partial charge in [0.15, 0.2) is 0 Å². The first kappa shape index (κ1) is 18.3. The molecule has 0 aliphatic carbocycles. The highest BCUT2D eigenvalue weighted by Crippen LogP contribution is 2.23. The number of nitrogens with zero attached hydrogens (tertiary/aromatic N) is 3. The molecule has 142 valence electrons. The van der Waals surface area contributed by atoms with Crippen LogP contribution in [0, 0.1) is 0 Å². The van der Waals surface area contributed by atoms with Gasteiger partial charge in [-0.1, -0.05) is 0 Å². The van der Waals surface area contributed by atoms with Gasteiger partial charge in [0.1, 0.15) is 5.01 Å². The minimum absolute atomic E-state index is 0.0563. The summed E-state index contributed by atoms with van der Waals surface area (Å²) in [5.74, 6) is -0.0811. The van der Waals surface area contributed by atoms with Crippen LogP contribution < -0.4 is 5.32 Å². The standard InChI is InChI=1S/C21H20N4O2S/c26-19(12-18-14-28-20(24-18)16-4-3-9-22-13-16)23-17-7-5-15(6-8-17)21(27)25-10-1-2-11-25/h3-9,13-14H,1-2,10-12H2,(H,23,26). The van der Waals surface area contributed by atoms with Crippen LogP contribution in [0.4, 0.5) is 5.69 Å². The van der Waals surface area contributed by atoms with Crippen molar-refractivity contribution in [2.45, 2.75) is 19.3 Å². The third-order valence-corrected chi connectivity index (χ3v) is 5.55. The Balaban J connectivity index is 1.35. The summed E-state index contributed by atoms with van der Waals surface area (Å²) in [7, 11) is 0. The van der Waals surface area contributed by atoms with Crippen LogP contribution in [0.3, 0.4) is 0 Å². The first-order chi connectivity index (χ1) is 13.7. The first-order valence-corrected chi connectivity index (χ1v) is 10.1. The van der Waals surface area contributed by atoms with Crippen molar-refractivity contribution >= 4 is 28.8 Å². The molecule has 1 aliphatic heterocycles. The van der Waals surface area contributed by atoms with Gasteiger partial charge in [-0.05, 0) is 49.2 Å². The zero-order valence-corrected chi connectivity index (χ0v) is 16.1. The number of anilines is 1. The average molecular weight is 392 g/mol. The topological polar surface area (TPSA) is 75.2 Å². The third kappa shape index (κ3) is 4.26. The van der Waals surface area contributed by atoms with Crippen molar-refractivity contribution in [1.29, 1.82) is 0 Å². The third-order valence-electron chi connectivity index (χ3n) is 4.61. The number of pyridine rings is 1. The highest BCUT2D eigenvalue weighted by atomic mass is 32.1. The number of aromatic nitrogens is 2. The number of benzene rings is 1. The van der Waals surface area contributed by atoms with Crippen LogP contribution >= 0.6 is 11.3 Å². The molecule has 2 aromatic heterocycles. The monoisotopic (exact) mass is 392 g/mol. The van der Waals surface area contributed by atoms with Crippen LogP contribution in [-0.4, -0.2) is 39.8 Å². The van der Waals surface area contributed by atoms with Gasteiger partial charge in [0, 0.05) is 47.7 Å². The van der Waals surface area contributed by atoms with Crippen molar-refractivity contribution in [3.63, 3.8) is 0 Å². The fraction of sp³-hybridized carbons (Fsp3) is 0.238. The molecule has 3 heterocycles. The smallest absolute Gasteiger partial charge is 0.253 e. The van der Waals surface area contributed by atoms with E-state index in [0.717, 1.165) is 42.2 Å². The fourth-order valence-electron chi connectivity index (χ4n) is 3.18. The molecule has 7 heteroatoms. The predicted molar refractivity (Wildman–Crippen MR) is 109 cm³/mol. The molecule has 1 aromatic carbocycles. The van der Waals surface area contributed by atoms with Gasteiger partial charge >= 0.3 is 0 Å². The number of hydrogen-bond acceptors (Lipinski definition) is 5. The van der Waals surface area contributed by atoms with Crippen molar-refractivity contribution in [3.8, 4) is 10.6 Å². The van der Waals surface area contributed by atoms with Crippen molar-refractivity contribution in [2.24, 2.45) is 0 Å². The molecule has 6 nitrogen and oxygen atoms in total. The Morgan fingerprint density at radius 2 is 1.89 bits per heavy atom. The number of carbonyl (C=O) groups is 2. The summed E-state index contributed by atoms with van der Waals surface area (Å²) in [5, 5.41) is 5.60. The highest BCUT2D eigenvalue weighted by Gasteiger charge is 2.19. The lowest BCUT2D eigenvalue weighted by atomic mass is 10.2. The molecule has 0 bridgehead atoms. The Labute approximate surface area is 167 Å². The van der Waals surface area contributed by atoms with Crippen molar-refractivity contribution in [3.05, 3.63) is 65.4 Å². The van der Waals surface area contributed by atoms with E-state index in [1.165, 1.54) is 11.3 Å². The van der Waals surface area contributed by atoms with Gasteiger partial charge in [-0.15, -0.1) is 11.3 Å². The normalized spacial score (nSPS) is 13.5. The Morgan fingerprint density at radius 1 is 1.11 bits per heavy atom. The minimum atomic E-state index is -0.137. The molecule has 0 spiro atoms. The van der Waals surface area contributed by atoms with E-state index in [-0.39, 0.29) is 18.2 Å². The SMILES string of the molecule is O=C(Cc1csc(-c2cccnc2)n1)Nc1ccc(C(=O)N2CCCC2)cc1. The number of rotatable bonds is 5. The average Bonchev–Trinajstić information content (AvgIpc) is 3.41. The van der Waals surface area contributed by atoms with E-state index in [2.05, 4.69) is 15.3 Å². The molecule has 28 heavy (non-hydrogen) atoms. The Kier molecular flexibility index (Phi) is 5.43. The molecular formula is C21H20N4O2S. The maximum absolute atomic E-state index is 12.4. The molecule has 1 fully saturated rings. The molecule has 0 atom stereocenters. The van der Waals surface area contributed by atoms with Crippen molar-refractivity contribution in [2.75, 3.05) is 18.4 Å². The Hall–Kier alpha value is -3.06. The maximum atomic E-state index is 12.4. The van der Waals surface area contributed by atoms with Gasteiger partial charge in [-0.25, -0.2) is 4.98 Å². The fourth-order valence-corrected chi connectivity index (χ4v) is 3.99. The van der Waals surface area contributed by atoms with Crippen molar-refractivity contribution in [1.82, 2.24) is 14.9 Å². The lowest BCUT2D eigenvalue weighted by molar-refractivity contribution is -0.115. The Morgan fingerprint density at radius 3 is 2.61 bits per heavy atom. The zero-order valence-electron chi connectivity index (χ0n) is 15.3. The molecule has 0 radical (unpaired) electrons. The maximum Gasteiger partial charge on any atom is 0.253 e. The van der Waals surface area contributed by atoms with E-state index in [0.29, 0.717) is 11.3 Å². The number of carbonyl (C=O) groups excluding carboxylic acids is 2. The minimum Gasteiger partial charge on any atom is -0.339 e. The van der Waals surface area contributed by atoms with E-state index < -0.39 is 0 Å². The molecular weight excluding hydrogens is 372 g/mol. The summed E-state index contributed by atoms with van der Waals surface area (Å²) in [4.78, 5) is 35.2. The van der Waals surface area contributed by atoms with Crippen LogP contribution in [0.2, 0.25) is 0 Å². The van der Waals surface area contributed by atoms with Gasteiger partial charge in [-0.3, -0.25) is 14.6 Å². The summed E-state index contributed by atoms with van der Waals surface area (Å²) in [6.07, 6.45) is 5.81. The first-order valence-electron chi connectivity index (χ1n) is 9.23. The largest absolute Gasteiger partial charge is 0.339 e. The van der Waals surface area contributed by atoms with Gasteiger partial charge in [0.05, 0.1) is 12.1 Å². The predicted octanol–water partition coefficient (Wildman–Crippen LogP) is 3.62. The number of likely N-dealkylation sites (tertiary alicyclic amines) is 1. The van der Waals surface area contributed by atoms with E-state index in [1.54, 1.807) is 36.7 Å². The van der Waals surface area contributed by atoms with E-state index in [4.69, 9.17) is 0 Å². The molecule has 3 aromatic rings.